The van der Waals surface area contributed by atoms with Crippen molar-refractivity contribution in [1.82, 2.24) is 10.2 Å². The van der Waals surface area contributed by atoms with Crippen molar-refractivity contribution in [3.8, 4) is 0 Å². The number of nitrogens with zero attached hydrogens (tertiary/aromatic N) is 1. The van der Waals surface area contributed by atoms with Crippen LogP contribution in [0.3, 0.4) is 0 Å². The van der Waals surface area contributed by atoms with Crippen molar-refractivity contribution in [2.24, 2.45) is 10.8 Å². The van der Waals surface area contributed by atoms with Crippen LogP contribution in [-0.4, -0.2) is 42.4 Å². The third-order valence-electron chi connectivity index (χ3n) is 5.46. The van der Waals surface area contributed by atoms with Crippen molar-refractivity contribution < 1.29 is 13.6 Å². The Bertz CT molecular complexity index is 393. The number of hydrogen-bond acceptors (Lipinski definition) is 2. The van der Waals surface area contributed by atoms with Gasteiger partial charge in [0.1, 0.15) is 5.41 Å². The van der Waals surface area contributed by atoms with Crippen LogP contribution < -0.4 is 5.32 Å². The summed E-state index contributed by atoms with van der Waals surface area (Å²) in [6.45, 7) is 8.84. The third kappa shape index (κ3) is 3.61. The Labute approximate surface area is 132 Å². The minimum Gasteiger partial charge on any atom is -0.335 e. The first-order chi connectivity index (χ1) is 10.1. The minimum absolute atomic E-state index is 0.0664. The van der Waals surface area contributed by atoms with Gasteiger partial charge in [-0.15, -0.1) is 0 Å². The molecule has 2 aliphatic rings. The Kier molecular flexibility index (Phi) is 5.15. The molecule has 22 heavy (non-hydrogen) atoms. The van der Waals surface area contributed by atoms with Gasteiger partial charge in [-0.25, -0.2) is 8.78 Å². The molecule has 1 saturated heterocycles. The quantitative estimate of drug-likeness (QED) is 0.862. The van der Waals surface area contributed by atoms with Crippen LogP contribution in [0, 0.1) is 10.8 Å². The average Bonchev–Trinajstić information content (AvgIpc) is 2.94. The molecule has 0 aromatic carbocycles. The average molecular weight is 316 g/mol. The highest BCUT2D eigenvalue weighted by Gasteiger charge is 2.46. The number of hydrogen-bond donors (Lipinski definition) is 1. The molecule has 1 amide bonds. The van der Waals surface area contributed by atoms with Crippen LogP contribution in [0.5, 0.6) is 0 Å². The maximum Gasteiger partial charge on any atom is 0.252 e. The molecule has 2 fully saturated rings. The number of carbonyl (C=O) groups is 1. The van der Waals surface area contributed by atoms with Crippen LogP contribution in [0.25, 0.3) is 0 Å². The summed E-state index contributed by atoms with van der Waals surface area (Å²) in [6, 6.07) is 0.181. The molecule has 5 heteroatoms. The number of halogens is 2. The van der Waals surface area contributed by atoms with E-state index < -0.39 is 11.8 Å². The Morgan fingerprint density at radius 3 is 2.23 bits per heavy atom. The van der Waals surface area contributed by atoms with Gasteiger partial charge in [0.15, 0.2) is 0 Å². The van der Waals surface area contributed by atoms with Gasteiger partial charge in [-0.3, -0.25) is 4.79 Å². The number of amides is 1. The first kappa shape index (κ1) is 17.6. The van der Waals surface area contributed by atoms with E-state index in [1.165, 1.54) is 13.8 Å². The van der Waals surface area contributed by atoms with Crippen molar-refractivity contribution in [1.29, 1.82) is 0 Å². The van der Waals surface area contributed by atoms with Gasteiger partial charge in [0.25, 0.3) is 6.43 Å². The van der Waals surface area contributed by atoms with Gasteiger partial charge in [0, 0.05) is 18.6 Å². The lowest BCUT2D eigenvalue weighted by atomic mass is 9.74. The SMILES string of the molecule is CC1(C)CCC(N(C(=O)C(C)(C)C(F)F)[C@H]2CCNC2)CC1. The van der Waals surface area contributed by atoms with Crippen molar-refractivity contribution >= 4 is 5.91 Å². The Balaban J connectivity index is 2.18. The molecule has 0 aromatic heterocycles. The fourth-order valence-electron chi connectivity index (χ4n) is 3.59. The highest BCUT2D eigenvalue weighted by atomic mass is 19.3. The lowest BCUT2D eigenvalue weighted by Crippen LogP contribution is -2.55. The van der Waals surface area contributed by atoms with Gasteiger partial charge in [-0.05, 0) is 57.9 Å². The zero-order valence-corrected chi connectivity index (χ0v) is 14.3. The van der Waals surface area contributed by atoms with Gasteiger partial charge < -0.3 is 10.2 Å². The molecule has 1 aliphatic heterocycles. The van der Waals surface area contributed by atoms with E-state index in [1.807, 2.05) is 4.90 Å². The second kappa shape index (κ2) is 6.42. The summed E-state index contributed by atoms with van der Waals surface area (Å²) in [5, 5.41) is 3.26. The van der Waals surface area contributed by atoms with E-state index in [1.54, 1.807) is 0 Å². The number of nitrogens with one attached hydrogen (secondary N) is 1. The molecule has 0 spiro atoms. The molecule has 0 radical (unpaired) electrons. The molecule has 1 atom stereocenters. The van der Waals surface area contributed by atoms with Gasteiger partial charge in [0.05, 0.1) is 0 Å². The summed E-state index contributed by atoms with van der Waals surface area (Å²) in [5.41, 5.74) is -1.30. The van der Waals surface area contributed by atoms with Gasteiger partial charge >= 0.3 is 0 Å². The molecule has 0 aromatic rings. The monoisotopic (exact) mass is 316 g/mol. The standard InChI is InChI=1S/C17H30F2N2O/c1-16(2)8-5-12(6-9-16)21(13-7-10-20-11-13)15(22)17(3,4)14(18)19/h12-14,20H,5-11H2,1-4H3/t13-/m0/s1. The molecule has 3 nitrogen and oxygen atoms in total. The number of rotatable bonds is 4. The fraction of sp³-hybridized carbons (Fsp3) is 0.941. The molecule has 2 rings (SSSR count). The normalized spacial score (nSPS) is 26.4. The molecule has 128 valence electrons. The maximum atomic E-state index is 13.3. The highest BCUT2D eigenvalue weighted by Crippen LogP contribution is 2.39. The van der Waals surface area contributed by atoms with E-state index in [9.17, 15) is 13.6 Å². The Hall–Kier alpha value is -0.710. The molecular weight excluding hydrogens is 286 g/mol. The molecule has 1 aliphatic carbocycles. The van der Waals surface area contributed by atoms with Crippen LogP contribution in [0.1, 0.15) is 59.8 Å². The van der Waals surface area contributed by atoms with Crippen molar-refractivity contribution in [3.63, 3.8) is 0 Å². The number of carbonyl (C=O) groups excluding carboxylic acids is 1. The maximum absolute atomic E-state index is 13.3. The van der Waals surface area contributed by atoms with E-state index in [0.29, 0.717) is 5.41 Å². The lowest BCUT2D eigenvalue weighted by Gasteiger charge is -2.45. The summed E-state index contributed by atoms with van der Waals surface area (Å²) in [7, 11) is 0. The van der Waals surface area contributed by atoms with Crippen LogP contribution in [-0.2, 0) is 4.79 Å². The van der Waals surface area contributed by atoms with Crippen molar-refractivity contribution in [2.45, 2.75) is 78.3 Å². The first-order valence-corrected chi connectivity index (χ1v) is 8.47. The largest absolute Gasteiger partial charge is 0.335 e. The lowest BCUT2D eigenvalue weighted by molar-refractivity contribution is -0.155. The van der Waals surface area contributed by atoms with Gasteiger partial charge in [0.2, 0.25) is 5.91 Å². The van der Waals surface area contributed by atoms with E-state index in [4.69, 9.17) is 0 Å². The van der Waals surface area contributed by atoms with Gasteiger partial charge in [-0.2, -0.15) is 0 Å². The van der Waals surface area contributed by atoms with Crippen LogP contribution >= 0.6 is 0 Å². The highest BCUT2D eigenvalue weighted by molar-refractivity contribution is 5.83. The summed E-state index contributed by atoms with van der Waals surface area (Å²) in [6.07, 6.45) is 2.19. The van der Waals surface area contributed by atoms with Crippen molar-refractivity contribution in [2.75, 3.05) is 13.1 Å². The van der Waals surface area contributed by atoms with E-state index >= 15 is 0 Å². The zero-order chi connectivity index (χ0) is 16.5. The fourth-order valence-corrected chi connectivity index (χ4v) is 3.59. The second-order valence-corrected chi connectivity index (χ2v) is 8.28. The van der Waals surface area contributed by atoms with Crippen molar-refractivity contribution in [3.05, 3.63) is 0 Å². The molecule has 0 bridgehead atoms. The molecular formula is C17H30F2N2O. The molecule has 1 heterocycles. The minimum atomic E-state index is -2.63. The molecule has 1 N–H and O–H groups in total. The van der Waals surface area contributed by atoms with Crippen LogP contribution in [0.2, 0.25) is 0 Å². The van der Waals surface area contributed by atoms with E-state index in [-0.39, 0.29) is 18.0 Å². The number of alkyl halides is 2. The smallest absolute Gasteiger partial charge is 0.252 e. The Morgan fingerprint density at radius 1 is 1.18 bits per heavy atom. The summed E-state index contributed by atoms with van der Waals surface area (Å²) >= 11 is 0. The van der Waals surface area contributed by atoms with Crippen LogP contribution in [0.4, 0.5) is 8.78 Å². The first-order valence-electron chi connectivity index (χ1n) is 8.47. The zero-order valence-electron chi connectivity index (χ0n) is 14.3. The predicted octanol–water partition coefficient (Wildman–Crippen LogP) is 3.44. The third-order valence-corrected chi connectivity index (χ3v) is 5.46. The van der Waals surface area contributed by atoms with E-state index in [0.717, 1.165) is 45.2 Å². The molecule has 1 saturated carbocycles. The summed E-state index contributed by atoms with van der Waals surface area (Å²) < 4.78 is 26.7. The topological polar surface area (TPSA) is 32.3 Å². The summed E-state index contributed by atoms with van der Waals surface area (Å²) in [5.74, 6) is -0.374. The summed E-state index contributed by atoms with van der Waals surface area (Å²) in [4.78, 5) is 14.7. The second-order valence-electron chi connectivity index (χ2n) is 8.28. The van der Waals surface area contributed by atoms with E-state index in [2.05, 4.69) is 19.2 Å². The Morgan fingerprint density at radius 2 is 1.77 bits per heavy atom. The molecule has 0 unspecified atom stereocenters. The van der Waals surface area contributed by atoms with Crippen LogP contribution in [0.15, 0.2) is 0 Å². The van der Waals surface area contributed by atoms with Gasteiger partial charge in [-0.1, -0.05) is 13.8 Å². The predicted molar refractivity (Wildman–Crippen MR) is 83.9 cm³/mol.